The fraction of sp³-hybridized carbons (Fsp3) is 0.562. The number of nitrogens with zero attached hydrogens (tertiary/aromatic N) is 6. The van der Waals surface area contributed by atoms with Crippen molar-refractivity contribution in [1.82, 2.24) is 24.6 Å². The lowest BCUT2D eigenvalue weighted by molar-refractivity contribution is -0.123. The normalized spacial score (nSPS) is 25.9. The lowest BCUT2D eigenvalue weighted by Gasteiger charge is -2.46. The first-order valence-corrected chi connectivity index (χ1v) is 9.05. The SMILES string of the molecule is CN1CC(=O)N(c2cnn(C)c2)CC12CCN(Cc1nccs1)C2. The van der Waals surface area contributed by atoms with Crippen LogP contribution in [0.15, 0.2) is 24.0 Å². The molecule has 0 radical (unpaired) electrons. The van der Waals surface area contributed by atoms with Crippen LogP contribution < -0.4 is 4.90 Å². The van der Waals surface area contributed by atoms with Gasteiger partial charge in [-0.1, -0.05) is 0 Å². The Morgan fingerprint density at radius 2 is 2.21 bits per heavy atom. The van der Waals surface area contributed by atoms with Crippen molar-refractivity contribution in [2.24, 2.45) is 7.05 Å². The summed E-state index contributed by atoms with van der Waals surface area (Å²) in [6.07, 6.45) is 6.62. The smallest absolute Gasteiger partial charge is 0.241 e. The molecule has 4 heterocycles. The van der Waals surface area contributed by atoms with E-state index in [1.807, 2.05) is 29.7 Å². The first-order valence-electron chi connectivity index (χ1n) is 8.17. The maximum Gasteiger partial charge on any atom is 0.241 e. The van der Waals surface area contributed by atoms with E-state index in [1.165, 1.54) is 0 Å². The largest absolute Gasteiger partial charge is 0.306 e. The van der Waals surface area contributed by atoms with E-state index in [0.29, 0.717) is 6.54 Å². The van der Waals surface area contributed by atoms with Gasteiger partial charge in [-0.05, 0) is 13.5 Å². The number of hydrogen-bond donors (Lipinski definition) is 0. The van der Waals surface area contributed by atoms with Crippen LogP contribution in [0.2, 0.25) is 0 Å². The van der Waals surface area contributed by atoms with Crippen LogP contribution in [-0.4, -0.2) is 69.2 Å². The van der Waals surface area contributed by atoms with Crippen LogP contribution in [0.1, 0.15) is 11.4 Å². The van der Waals surface area contributed by atoms with Gasteiger partial charge in [0.05, 0.1) is 30.5 Å². The lowest BCUT2D eigenvalue weighted by Crippen LogP contribution is -2.64. The van der Waals surface area contributed by atoms with E-state index in [4.69, 9.17) is 0 Å². The molecule has 1 atom stereocenters. The van der Waals surface area contributed by atoms with Gasteiger partial charge in [-0.3, -0.25) is 19.3 Å². The third-order valence-electron chi connectivity index (χ3n) is 5.19. The van der Waals surface area contributed by atoms with Crippen LogP contribution in [0.3, 0.4) is 0 Å². The van der Waals surface area contributed by atoms with Crippen molar-refractivity contribution in [3.8, 4) is 0 Å². The topological polar surface area (TPSA) is 57.5 Å². The van der Waals surface area contributed by atoms with Crippen molar-refractivity contribution in [2.75, 3.05) is 38.1 Å². The Hall–Kier alpha value is -1.77. The maximum atomic E-state index is 12.5. The Kier molecular flexibility index (Phi) is 3.90. The molecular weight excluding hydrogens is 324 g/mol. The Morgan fingerprint density at radius 3 is 2.92 bits per heavy atom. The van der Waals surface area contributed by atoms with Gasteiger partial charge >= 0.3 is 0 Å². The molecule has 4 rings (SSSR count). The molecule has 8 heteroatoms. The number of likely N-dealkylation sites (N-methyl/N-ethyl adjacent to an activating group) is 1. The molecule has 2 fully saturated rings. The zero-order valence-corrected chi connectivity index (χ0v) is 14.9. The fourth-order valence-electron chi connectivity index (χ4n) is 3.78. The average Bonchev–Trinajstić information content (AvgIpc) is 3.26. The molecule has 1 spiro atoms. The van der Waals surface area contributed by atoms with E-state index in [2.05, 4.69) is 26.9 Å². The number of likely N-dealkylation sites (tertiary alicyclic amines) is 1. The third kappa shape index (κ3) is 2.74. The Balaban J connectivity index is 1.52. The summed E-state index contributed by atoms with van der Waals surface area (Å²) < 4.78 is 1.75. The first kappa shape index (κ1) is 15.7. The van der Waals surface area contributed by atoms with Crippen molar-refractivity contribution in [1.29, 1.82) is 0 Å². The van der Waals surface area contributed by atoms with E-state index >= 15 is 0 Å². The summed E-state index contributed by atoms with van der Waals surface area (Å²) in [4.78, 5) is 23.5. The van der Waals surface area contributed by atoms with Gasteiger partial charge in [0.1, 0.15) is 5.01 Å². The predicted molar refractivity (Wildman–Crippen MR) is 92.9 cm³/mol. The van der Waals surface area contributed by atoms with Gasteiger partial charge in [0, 0.05) is 44.5 Å². The Labute approximate surface area is 145 Å². The number of aryl methyl sites for hydroxylation is 1. The molecule has 2 aromatic rings. The van der Waals surface area contributed by atoms with Crippen LogP contribution in [-0.2, 0) is 18.4 Å². The molecule has 0 aromatic carbocycles. The van der Waals surface area contributed by atoms with Crippen LogP contribution >= 0.6 is 11.3 Å². The van der Waals surface area contributed by atoms with Gasteiger partial charge in [-0.15, -0.1) is 11.3 Å². The van der Waals surface area contributed by atoms with Gasteiger partial charge in [0.15, 0.2) is 0 Å². The standard InChI is InChI=1S/C16H22N6OS/c1-19-10-15(23)22(13-7-18-20(2)8-13)12-16(19)3-5-21(11-16)9-14-17-4-6-24-14/h4,6-8H,3,5,9-12H2,1-2H3. The number of aromatic nitrogens is 3. The first-order chi connectivity index (χ1) is 11.6. The zero-order valence-electron chi connectivity index (χ0n) is 14.1. The lowest BCUT2D eigenvalue weighted by atomic mass is 9.93. The molecule has 128 valence electrons. The molecule has 1 unspecified atom stereocenters. The fourth-order valence-corrected chi connectivity index (χ4v) is 4.44. The molecule has 2 aliphatic rings. The van der Waals surface area contributed by atoms with E-state index in [0.717, 1.165) is 43.3 Å². The molecule has 0 aliphatic carbocycles. The summed E-state index contributed by atoms with van der Waals surface area (Å²) in [7, 11) is 3.95. The highest BCUT2D eigenvalue weighted by Crippen LogP contribution is 2.33. The number of carbonyl (C=O) groups is 1. The summed E-state index contributed by atoms with van der Waals surface area (Å²) >= 11 is 1.70. The van der Waals surface area contributed by atoms with Gasteiger partial charge in [0.25, 0.3) is 0 Å². The number of carbonyl (C=O) groups excluding carboxylic acids is 1. The summed E-state index contributed by atoms with van der Waals surface area (Å²) in [5.74, 6) is 0.148. The number of thiazole rings is 1. The molecule has 0 N–H and O–H groups in total. The average molecular weight is 346 g/mol. The molecule has 2 aliphatic heterocycles. The summed E-state index contributed by atoms with van der Waals surface area (Å²) in [5, 5.41) is 7.40. The number of anilines is 1. The highest BCUT2D eigenvalue weighted by atomic mass is 32.1. The summed E-state index contributed by atoms with van der Waals surface area (Å²) in [5.41, 5.74) is 0.912. The second kappa shape index (κ2) is 5.94. The van der Waals surface area contributed by atoms with Crippen LogP contribution in [0.5, 0.6) is 0 Å². The zero-order chi connectivity index (χ0) is 16.7. The highest BCUT2D eigenvalue weighted by molar-refractivity contribution is 7.09. The highest BCUT2D eigenvalue weighted by Gasteiger charge is 2.47. The number of hydrogen-bond acceptors (Lipinski definition) is 6. The van der Waals surface area contributed by atoms with Gasteiger partial charge < -0.3 is 4.90 Å². The van der Waals surface area contributed by atoms with Crippen LogP contribution in [0.25, 0.3) is 0 Å². The van der Waals surface area contributed by atoms with Gasteiger partial charge in [-0.2, -0.15) is 5.10 Å². The molecule has 24 heavy (non-hydrogen) atoms. The quantitative estimate of drug-likeness (QED) is 0.823. The molecule has 0 bridgehead atoms. The van der Waals surface area contributed by atoms with E-state index in [-0.39, 0.29) is 11.4 Å². The van der Waals surface area contributed by atoms with Crippen molar-refractivity contribution in [3.63, 3.8) is 0 Å². The molecular formula is C16H22N6OS. The monoisotopic (exact) mass is 346 g/mol. The minimum atomic E-state index is 0.0149. The second-order valence-electron chi connectivity index (χ2n) is 6.82. The predicted octanol–water partition coefficient (Wildman–Crippen LogP) is 0.800. The molecule has 1 amide bonds. The number of rotatable bonds is 3. The molecule has 0 saturated carbocycles. The second-order valence-corrected chi connectivity index (χ2v) is 7.80. The molecule has 7 nitrogen and oxygen atoms in total. The van der Waals surface area contributed by atoms with Gasteiger partial charge in [0.2, 0.25) is 5.91 Å². The Bertz CT molecular complexity index is 729. The minimum absolute atomic E-state index is 0.0149. The van der Waals surface area contributed by atoms with Crippen molar-refractivity contribution >= 4 is 22.9 Å². The van der Waals surface area contributed by atoms with Crippen molar-refractivity contribution < 1.29 is 4.79 Å². The number of amides is 1. The minimum Gasteiger partial charge on any atom is -0.306 e. The Morgan fingerprint density at radius 1 is 1.33 bits per heavy atom. The number of piperazine rings is 1. The van der Waals surface area contributed by atoms with Crippen molar-refractivity contribution in [3.05, 3.63) is 29.0 Å². The molecule has 2 aromatic heterocycles. The molecule has 2 saturated heterocycles. The summed E-state index contributed by atoms with van der Waals surface area (Å²) in [6.45, 7) is 4.09. The summed E-state index contributed by atoms with van der Waals surface area (Å²) in [6, 6.07) is 0. The van der Waals surface area contributed by atoms with Gasteiger partial charge in [-0.25, -0.2) is 4.98 Å². The third-order valence-corrected chi connectivity index (χ3v) is 5.96. The van der Waals surface area contributed by atoms with E-state index < -0.39 is 0 Å². The van der Waals surface area contributed by atoms with E-state index in [9.17, 15) is 4.79 Å². The van der Waals surface area contributed by atoms with Crippen LogP contribution in [0.4, 0.5) is 5.69 Å². The maximum absolute atomic E-state index is 12.5. The van der Waals surface area contributed by atoms with E-state index in [1.54, 1.807) is 22.2 Å². The van der Waals surface area contributed by atoms with Crippen molar-refractivity contribution in [2.45, 2.75) is 18.5 Å². The van der Waals surface area contributed by atoms with Crippen LogP contribution in [0, 0.1) is 0 Å².